The molecule has 0 bridgehead atoms. The van der Waals surface area contributed by atoms with Crippen molar-refractivity contribution >= 4 is 22.9 Å². The second-order valence-corrected chi connectivity index (χ2v) is 6.41. The van der Waals surface area contributed by atoms with Gasteiger partial charge in [-0.15, -0.1) is 0 Å². The Morgan fingerprint density at radius 2 is 2.00 bits per heavy atom. The lowest BCUT2D eigenvalue weighted by Crippen LogP contribution is -2.32. The van der Waals surface area contributed by atoms with Gasteiger partial charge in [-0.05, 0) is 40.2 Å². The predicted octanol–water partition coefficient (Wildman–Crippen LogP) is 1.82. The van der Waals surface area contributed by atoms with E-state index in [1.807, 2.05) is 13.8 Å². The summed E-state index contributed by atoms with van der Waals surface area (Å²) in [5.74, 6) is -1.12. The van der Waals surface area contributed by atoms with Crippen molar-refractivity contribution in [1.82, 2.24) is 20.1 Å². The molecule has 0 aliphatic heterocycles. The number of aliphatic carboxylic acids is 1. The predicted molar refractivity (Wildman–Crippen MR) is 86.4 cm³/mol. The highest BCUT2D eigenvalue weighted by Crippen LogP contribution is 2.22. The molecular weight excluding hydrogens is 296 g/mol. The number of carboxylic acids is 1. The molecule has 0 unspecified atom stereocenters. The minimum absolute atomic E-state index is 0.238. The van der Waals surface area contributed by atoms with Crippen LogP contribution >= 0.6 is 0 Å². The van der Waals surface area contributed by atoms with E-state index in [-0.39, 0.29) is 5.91 Å². The Labute approximate surface area is 134 Å². The topological polar surface area (TPSA) is 97.1 Å². The molecule has 0 aliphatic rings. The standard InChI is InChI=1S/C16H22N4O3/c1-9-8-11(12-10(2)19-20(5)13(12)18-9)14(21)17-7-6-16(3,4)15(22)23/h8H,6-7H2,1-5H3,(H,17,21)(H,22,23). The molecule has 1 amide bonds. The van der Waals surface area contributed by atoms with Crippen molar-refractivity contribution in [2.24, 2.45) is 12.5 Å². The number of rotatable bonds is 5. The van der Waals surface area contributed by atoms with Gasteiger partial charge in [0.25, 0.3) is 5.91 Å². The molecule has 2 N–H and O–H groups in total. The van der Waals surface area contributed by atoms with Gasteiger partial charge in [-0.25, -0.2) is 4.98 Å². The number of fused-ring (bicyclic) bond motifs is 1. The van der Waals surface area contributed by atoms with Crippen molar-refractivity contribution in [3.8, 4) is 0 Å². The Morgan fingerprint density at radius 3 is 2.61 bits per heavy atom. The first-order valence-corrected chi connectivity index (χ1v) is 7.46. The lowest BCUT2D eigenvalue weighted by molar-refractivity contribution is -0.147. The molecule has 2 rings (SSSR count). The second kappa shape index (κ2) is 5.98. The average Bonchev–Trinajstić information content (AvgIpc) is 2.72. The van der Waals surface area contributed by atoms with E-state index in [9.17, 15) is 9.59 Å². The van der Waals surface area contributed by atoms with Crippen molar-refractivity contribution in [3.63, 3.8) is 0 Å². The van der Waals surface area contributed by atoms with Gasteiger partial charge in [0.15, 0.2) is 5.65 Å². The van der Waals surface area contributed by atoms with E-state index in [4.69, 9.17) is 5.11 Å². The summed E-state index contributed by atoms with van der Waals surface area (Å²) in [7, 11) is 1.79. The Bertz CT molecular complexity index is 777. The van der Waals surface area contributed by atoms with Gasteiger partial charge < -0.3 is 10.4 Å². The molecule has 0 radical (unpaired) electrons. The fourth-order valence-corrected chi connectivity index (χ4v) is 2.44. The quantitative estimate of drug-likeness (QED) is 0.876. The number of pyridine rings is 1. The monoisotopic (exact) mass is 318 g/mol. The van der Waals surface area contributed by atoms with E-state index in [1.54, 1.807) is 31.6 Å². The number of carbonyl (C=O) groups is 2. The first-order valence-electron chi connectivity index (χ1n) is 7.46. The molecular formula is C16H22N4O3. The number of hydrogen-bond donors (Lipinski definition) is 2. The molecule has 2 aromatic rings. The highest BCUT2D eigenvalue weighted by Gasteiger charge is 2.27. The van der Waals surface area contributed by atoms with Gasteiger partial charge in [0, 0.05) is 19.3 Å². The van der Waals surface area contributed by atoms with Gasteiger partial charge in [-0.3, -0.25) is 14.3 Å². The van der Waals surface area contributed by atoms with Crippen LogP contribution in [0, 0.1) is 19.3 Å². The minimum atomic E-state index is -0.878. The van der Waals surface area contributed by atoms with Crippen LogP contribution in [0.4, 0.5) is 0 Å². The van der Waals surface area contributed by atoms with Crippen molar-refractivity contribution in [3.05, 3.63) is 23.0 Å². The average molecular weight is 318 g/mol. The molecule has 2 aromatic heterocycles. The largest absolute Gasteiger partial charge is 0.481 e. The maximum absolute atomic E-state index is 12.5. The number of hydrogen-bond acceptors (Lipinski definition) is 4. The molecule has 124 valence electrons. The Kier molecular flexibility index (Phi) is 4.40. The highest BCUT2D eigenvalue weighted by atomic mass is 16.4. The van der Waals surface area contributed by atoms with Gasteiger partial charge in [0.2, 0.25) is 0 Å². The van der Waals surface area contributed by atoms with E-state index in [0.717, 1.165) is 16.8 Å². The molecule has 0 saturated heterocycles. The van der Waals surface area contributed by atoms with Crippen molar-refractivity contribution in [2.75, 3.05) is 6.54 Å². The summed E-state index contributed by atoms with van der Waals surface area (Å²) in [6, 6.07) is 1.73. The Balaban J connectivity index is 2.23. The summed E-state index contributed by atoms with van der Waals surface area (Å²) < 4.78 is 1.65. The van der Waals surface area contributed by atoms with Crippen LogP contribution in [0.25, 0.3) is 11.0 Å². The first-order chi connectivity index (χ1) is 10.6. The third kappa shape index (κ3) is 3.33. The number of carbonyl (C=O) groups excluding carboxylic acids is 1. The molecule has 0 atom stereocenters. The van der Waals surface area contributed by atoms with Gasteiger partial charge in [0.05, 0.1) is 22.1 Å². The van der Waals surface area contributed by atoms with E-state index in [2.05, 4.69) is 15.4 Å². The first kappa shape index (κ1) is 16.9. The summed E-state index contributed by atoms with van der Waals surface area (Å²) in [6.45, 7) is 7.24. The second-order valence-electron chi connectivity index (χ2n) is 6.41. The van der Waals surface area contributed by atoms with Gasteiger partial charge in [-0.1, -0.05) is 0 Å². The van der Waals surface area contributed by atoms with Gasteiger partial charge >= 0.3 is 5.97 Å². The van der Waals surface area contributed by atoms with Crippen molar-refractivity contribution in [2.45, 2.75) is 34.1 Å². The summed E-state index contributed by atoms with van der Waals surface area (Å²) in [5.41, 5.74) is 1.79. The molecule has 7 heteroatoms. The minimum Gasteiger partial charge on any atom is -0.481 e. The summed E-state index contributed by atoms with van der Waals surface area (Å²) in [6.07, 6.45) is 0.354. The molecule has 0 spiro atoms. The van der Waals surface area contributed by atoms with Crippen LogP contribution < -0.4 is 5.32 Å². The Morgan fingerprint density at radius 1 is 1.35 bits per heavy atom. The van der Waals surface area contributed by atoms with E-state index < -0.39 is 11.4 Å². The van der Waals surface area contributed by atoms with E-state index in [1.165, 1.54) is 0 Å². The number of amides is 1. The van der Waals surface area contributed by atoms with Crippen molar-refractivity contribution in [1.29, 1.82) is 0 Å². The van der Waals surface area contributed by atoms with Gasteiger partial charge in [0.1, 0.15) is 0 Å². The van der Waals surface area contributed by atoms with Crippen LogP contribution in [0.15, 0.2) is 6.07 Å². The SMILES string of the molecule is Cc1cc(C(=O)NCCC(C)(C)C(=O)O)c2c(C)nn(C)c2n1. The fourth-order valence-electron chi connectivity index (χ4n) is 2.44. The lowest BCUT2D eigenvalue weighted by Gasteiger charge is -2.19. The lowest BCUT2D eigenvalue weighted by atomic mass is 9.89. The molecule has 7 nitrogen and oxygen atoms in total. The third-order valence-electron chi connectivity index (χ3n) is 3.96. The summed E-state index contributed by atoms with van der Waals surface area (Å²) >= 11 is 0. The third-order valence-corrected chi connectivity index (χ3v) is 3.96. The maximum atomic E-state index is 12.5. The summed E-state index contributed by atoms with van der Waals surface area (Å²) in [5, 5.41) is 17.0. The van der Waals surface area contributed by atoms with Crippen LogP contribution in [-0.4, -0.2) is 38.3 Å². The smallest absolute Gasteiger partial charge is 0.309 e. The van der Waals surface area contributed by atoms with E-state index >= 15 is 0 Å². The molecule has 0 aliphatic carbocycles. The van der Waals surface area contributed by atoms with Crippen LogP contribution in [-0.2, 0) is 11.8 Å². The van der Waals surface area contributed by atoms with Crippen LogP contribution in [0.5, 0.6) is 0 Å². The number of carboxylic acid groups (broad SMARTS) is 1. The molecule has 0 aromatic carbocycles. The zero-order valence-corrected chi connectivity index (χ0v) is 14.1. The molecule has 0 saturated carbocycles. The summed E-state index contributed by atoms with van der Waals surface area (Å²) in [4.78, 5) is 28.0. The maximum Gasteiger partial charge on any atom is 0.309 e. The molecule has 0 fully saturated rings. The van der Waals surface area contributed by atoms with Crippen LogP contribution in [0.1, 0.15) is 42.0 Å². The van der Waals surface area contributed by atoms with Crippen molar-refractivity contribution < 1.29 is 14.7 Å². The molecule has 23 heavy (non-hydrogen) atoms. The number of aromatic nitrogens is 3. The number of aryl methyl sites for hydroxylation is 3. The van der Waals surface area contributed by atoms with E-state index in [0.29, 0.717) is 24.2 Å². The number of nitrogens with one attached hydrogen (secondary N) is 1. The zero-order chi connectivity index (χ0) is 17.4. The zero-order valence-electron chi connectivity index (χ0n) is 14.1. The Hall–Kier alpha value is -2.44. The van der Waals surface area contributed by atoms with Crippen LogP contribution in [0.3, 0.4) is 0 Å². The number of nitrogens with zero attached hydrogens (tertiary/aromatic N) is 3. The highest BCUT2D eigenvalue weighted by molar-refractivity contribution is 6.06. The molecule has 2 heterocycles. The normalized spacial score (nSPS) is 11.7. The van der Waals surface area contributed by atoms with Gasteiger partial charge in [-0.2, -0.15) is 5.10 Å². The van der Waals surface area contributed by atoms with Crippen LogP contribution in [0.2, 0.25) is 0 Å². The fraction of sp³-hybridized carbons (Fsp3) is 0.500.